The van der Waals surface area contributed by atoms with Crippen LogP contribution in [0.3, 0.4) is 0 Å². The van der Waals surface area contributed by atoms with Gasteiger partial charge in [0.2, 0.25) is 0 Å². The van der Waals surface area contributed by atoms with Gasteiger partial charge in [0.1, 0.15) is 0 Å². The van der Waals surface area contributed by atoms with Crippen LogP contribution in [0.1, 0.15) is 32.3 Å². The van der Waals surface area contributed by atoms with Crippen molar-refractivity contribution in [3.05, 3.63) is 22.7 Å². The molecular weight excluding hydrogens is 284 g/mol. The fraction of sp³-hybridized carbons (Fsp3) is 0.647. The van der Waals surface area contributed by atoms with Gasteiger partial charge in [0.25, 0.3) is 0 Å². The Balaban J connectivity index is 2.10. The largest absolute Gasteiger partial charge is 0.493 e. The number of nitrogens with zero attached hydrogens (tertiary/aromatic N) is 2. The normalized spacial score (nSPS) is 16.3. The molecule has 118 valence electrons. The first kappa shape index (κ1) is 16.4. The van der Waals surface area contributed by atoms with Gasteiger partial charge in [-0.1, -0.05) is 31.9 Å². The Morgan fingerprint density at radius 3 is 2.43 bits per heavy atom. The molecule has 0 saturated carbocycles. The van der Waals surface area contributed by atoms with E-state index in [-0.39, 0.29) is 0 Å². The highest BCUT2D eigenvalue weighted by molar-refractivity contribution is 6.32. The maximum atomic E-state index is 6.37. The van der Waals surface area contributed by atoms with Gasteiger partial charge in [0.15, 0.2) is 5.75 Å². The third-order valence-electron chi connectivity index (χ3n) is 4.24. The third kappa shape index (κ3) is 4.04. The molecule has 1 aliphatic heterocycles. The number of methoxy groups -OCH3 is 1. The lowest BCUT2D eigenvalue weighted by atomic mass is 10.1. The van der Waals surface area contributed by atoms with E-state index in [9.17, 15) is 0 Å². The smallest absolute Gasteiger partial charge is 0.160 e. The summed E-state index contributed by atoms with van der Waals surface area (Å²) in [7, 11) is 1.70. The lowest BCUT2D eigenvalue weighted by Crippen LogP contribution is -2.46. The number of piperazine rings is 1. The molecule has 0 bridgehead atoms. The van der Waals surface area contributed by atoms with E-state index in [0.717, 1.165) is 49.1 Å². The minimum atomic E-state index is 0.722. The highest BCUT2D eigenvalue weighted by atomic mass is 35.5. The summed E-state index contributed by atoms with van der Waals surface area (Å²) >= 11 is 6.37. The first-order valence-corrected chi connectivity index (χ1v) is 8.41. The molecule has 0 spiro atoms. The number of ether oxygens (including phenoxy) is 1. The maximum Gasteiger partial charge on any atom is 0.160 e. The molecule has 3 nitrogen and oxygen atoms in total. The average Bonchev–Trinajstić information content (AvgIpc) is 2.52. The van der Waals surface area contributed by atoms with Gasteiger partial charge in [-0.2, -0.15) is 0 Å². The second kappa shape index (κ2) is 7.90. The van der Waals surface area contributed by atoms with Crippen molar-refractivity contribution in [3.8, 4) is 5.75 Å². The van der Waals surface area contributed by atoms with E-state index >= 15 is 0 Å². The Bertz CT molecular complexity index is 456. The first-order valence-electron chi connectivity index (χ1n) is 8.03. The van der Waals surface area contributed by atoms with Gasteiger partial charge >= 0.3 is 0 Å². The van der Waals surface area contributed by atoms with Gasteiger partial charge in [-0.3, -0.25) is 4.90 Å². The second-order valence-corrected chi connectivity index (χ2v) is 6.07. The predicted octanol–water partition coefficient (Wildman–Crippen LogP) is 3.83. The summed E-state index contributed by atoms with van der Waals surface area (Å²) in [5.41, 5.74) is 2.42. The molecule has 2 rings (SSSR count). The summed E-state index contributed by atoms with van der Waals surface area (Å²) in [5, 5.41) is 0.722. The minimum Gasteiger partial charge on any atom is -0.493 e. The van der Waals surface area contributed by atoms with Gasteiger partial charge < -0.3 is 9.64 Å². The fourth-order valence-electron chi connectivity index (χ4n) is 2.87. The number of hydrogen-bond acceptors (Lipinski definition) is 3. The quantitative estimate of drug-likeness (QED) is 0.794. The number of hydrogen-bond donors (Lipinski definition) is 0. The summed E-state index contributed by atoms with van der Waals surface area (Å²) in [6.45, 7) is 9.96. The molecule has 1 saturated heterocycles. The van der Waals surface area contributed by atoms with Crippen LogP contribution in [0.25, 0.3) is 0 Å². The molecule has 0 unspecified atom stereocenters. The van der Waals surface area contributed by atoms with Crippen molar-refractivity contribution in [1.82, 2.24) is 4.90 Å². The molecule has 0 amide bonds. The Kier molecular flexibility index (Phi) is 6.19. The monoisotopic (exact) mass is 310 g/mol. The molecule has 4 heteroatoms. The van der Waals surface area contributed by atoms with Crippen LogP contribution in [0.5, 0.6) is 5.75 Å². The lowest BCUT2D eigenvalue weighted by Gasteiger charge is -2.37. The van der Waals surface area contributed by atoms with Gasteiger partial charge in [0, 0.05) is 26.2 Å². The Labute approximate surface area is 133 Å². The van der Waals surface area contributed by atoms with Gasteiger partial charge in [-0.25, -0.2) is 0 Å². The van der Waals surface area contributed by atoms with Crippen LogP contribution in [0.4, 0.5) is 5.69 Å². The molecule has 0 radical (unpaired) electrons. The number of rotatable bonds is 6. The third-order valence-corrected chi connectivity index (χ3v) is 4.52. The Hall–Kier alpha value is -0.930. The van der Waals surface area contributed by atoms with Gasteiger partial charge in [-0.05, 0) is 37.1 Å². The Morgan fingerprint density at radius 2 is 1.86 bits per heavy atom. The molecule has 1 aliphatic rings. The van der Waals surface area contributed by atoms with Crippen molar-refractivity contribution >= 4 is 17.3 Å². The van der Waals surface area contributed by atoms with Crippen molar-refractivity contribution in [2.45, 2.75) is 33.1 Å². The van der Waals surface area contributed by atoms with Crippen molar-refractivity contribution in [1.29, 1.82) is 0 Å². The van der Waals surface area contributed by atoms with E-state index in [2.05, 4.69) is 29.7 Å². The molecule has 0 aromatic heterocycles. The zero-order valence-electron chi connectivity index (χ0n) is 13.5. The molecular formula is C17H27ClN2O. The number of halogens is 1. The molecule has 0 N–H and O–H groups in total. The standard InChI is InChI=1S/C17H27ClN2O/c1-4-6-7-19-8-10-20(11-9-19)16-13-14(5-2)12-15(18)17(16)21-3/h12-13H,4-11H2,1-3H3. The zero-order valence-corrected chi connectivity index (χ0v) is 14.2. The topological polar surface area (TPSA) is 15.7 Å². The van der Waals surface area contributed by atoms with E-state index in [0.29, 0.717) is 0 Å². The number of anilines is 1. The van der Waals surface area contributed by atoms with E-state index in [1.54, 1.807) is 7.11 Å². The lowest BCUT2D eigenvalue weighted by molar-refractivity contribution is 0.253. The highest BCUT2D eigenvalue weighted by Crippen LogP contribution is 2.37. The first-order chi connectivity index (χ1) is 10.2. The molecule has 1 fully saturated rings. The van der Waals surface area contributed by atoms with Crippen LogP contribution in [0, 0.1) is 0 Å². The molecule has 0 atom stereocenters. The number of aryl methyl sites for hydroxylation is 1. The summed E-state index contributed by atoms with van der Waals surface area (Å²) < 4.78 is 5.53. The summed E-state index contributed by atoms with van der Waals surface area (Å²) in [6, 6.07) is 4.24. The second-order valence-electron chi connectivity index (χ2n) is 5.67. The maximum absolute atomic E-state index is 6.37. The summed E-state index contributed by atoms with van der Waals surface area (Å²) in [4.78, 5) is 4.96. The van der Waals surface area contributed by atoms with Crippen molar-refractivity contribution < 1.29 is 4.74 Å². The van der Waals surface area contributed by atoms with Crippen LogP contribution in [0.2, 0.25) is 5.02 Å². The van der Waals surface area contributed by atoms with Crippen LogP contribution < -0.4 is 9.64 Å². The van der Waals surface area contributed by atoms with E-state index in [1.165, 1.54) is 24.9 Å². The summed E-state index contributed by atoms with van der Waals surface area (Å²) in [6.07, 6.45) is 3.55. The van der Waals surface area contributed by atoms with Crippen LogP contribution >= 0.6 is 11.6 Å². The zero-order chi connectivity index (χ0) is 15.2. The molecule has 1 aromatic rings. The molecule has 0 aliphatic carbocycles. The van der Waals surface area contributed by atoms with Crippen LogP contribution in [-0.4, -0.2) is 44.7 Å². The Morgan fingerprint density at radius 1 is 1.14 bits per heavy atom. The van der Waals surface area contributed by atoms with Gasteiger partial charge in [0.05, 0.1) is 17.8 Å². The van der Waals surface area contributed by atoms with Gasteiger partial charge in [-0.15, -0.1) is 0 Å². The summed E-state index contributed by atoms with van der Waals surface area (Å²) in [5.74, 6) is 0.816. The molecule has 1 aromatic carbocycles. The predicted molar refractivity (Wildman–Crippen MR) is 90.9 cm³/mol. The van der Waals surface area contributed by atoms with Crippen molar-refractivity contribution in [2.24, 2.45) is 0 Å². The fourth-order valence-corrected chi connectivity index (χ4v) is 3.18. The minimum absolute atomic E-state index is 0.722. The molecule has 21 heavy (non-hydrogen) atoms. The van der Waals surface area contributed by atoms with Crippen molar-refractivity contribution in [3.63, 3.8) is 0 Å². The highest BCUT2D eigenvalue weighted by Gasteiger charge is 2.21. The SMILES string of the molecule is CCCCN1CCN(c2cc(CC)cc(Cl)c2OC)CC1. The van der Waals surface area contributed by atoms with E-state index in [4.69, 9.17) is 16.3 Å². The van der Waals surface area contributed by atoms with Crippen molar-refractivity contribution in [2.75, 3.05) is 44.7 Å². The van der Waals surface area contributed by atoms with E-state index < -0.39 is 0 Å². The van der Waals surface area contributed by atoms with E-state index in [1.807, 2.05) is 6.07 Å². The number of benzene rings is 1. The average molecular weight is 311 g/mol. The molecule has 1 heterocycles. The van der Waals surface area contributed by atoms with Crippen LogP contribution in [-0.2, 0) is 6.42 Å². The van der Waals surface area contributed by atoms with Crippen LogP contribution in [0.15, 0.2) is 12.1 Å². The number of unbranched alkanes of at least 4 members (excludes halogenated alkanes) is 1.